The molecule has 5 heteroatoms. The molecule has 0 aromatic heterocycles. The first-order chi connectivity index (χ1) is 11.6. The molecule has 1 aliphatic heterocycles. The second kappa shape index (κ2) is 6.84. The van der Waals surface area contributed by atoms with Gasteiger partial charge in [-0.2, -0.15) is 0 Å². The maximum atomic E-state index is 12.3. The van der Waals surface area contributed by atoms with Crippen LogP contribution in [0.25, 0.3) is 0 Å². The van der Waals surface area contributed by atoms with Crippen molar-refractivity contribution in [3.63, 3.8) is 0 Å². The number of carbonyl (C=O) groups excluding carboxylic acids is 1. The van der Waals surface area contributed by atoms with Gasteiger partial charge in [0, 0.05) is 19.0 Å². The highest BCUT2D eigenvalue weighted by Gasteiger charge is 2.47. The van der Waals surface area contributed by atoms with Crippen molar-refractivity contribution in [1.29, 1.82) is 0 Å². The zero-order valence-electron chi connectivity index (χ0n) is 14.0. The molecular weight excluding hydrogens is 304 g/mol. The monoisotopic (exact) mass is 324 g/mol. The minimum Gasteiger partial charge on any atom is -0.497 e. The number of aliphatic imine (C=N–C) groups is 1. The molecule has 0 aliphatic carbocycles. The third-order valence-corrected chi connectivity index (χ3v) is 4.10. The summed E-state index contributed by atoms with van der Waals surface area (Å²) in [6.45, 7) is 2.03. The maximum absolute atomic E-state index is 12.3. The summed E-state index contributed by atoms with van der Waals surface area (Å²) in [4.78, 5) is 18.5. The van der Waals surface area contributed by atoms with E-state index in [4.69, 9.17) is 9.47 Å². The molecule has 1 heterocycles. The highest BCUT2D eigenvalue weighted by atomic mass is 16.5. The molecule has 2 aromatic rings. The Labute approximate surface area is 141 Å². The highest BCUT2D eigenvalue weighted by molar-refractivity contribution is 6.10. The molecule has 3 rings (SSSR count). The number of benzene rings is 2. The van der Waals surface area contributed by atoms with E-state index < -0.39 is 6.10 Å². The van der Waals surface area contributed by atoms with E-state index in [0.29, 0.717) is 0 Å². The number of ether oxygens (including phenoxy) is 2. The van der Waals surface area contributed by atoms with Gasteiger partial charge in [0.05, 0.1) is 12.8 Å². The first-order valence-corrected chi connectivity index (χ1v) is 7.75. The largest absolute Gasteiger partial charge is 0.497 e. The number of anilines is 1. The van der Waals surface area contributed by atoms with Crippen LogP contribution in [0, 0.1) is 6.92 Å². The summed E-state index contributed by atoms with van der Waals surface area (Å²) in [6, 6.07) is 15.1. The summed E-state index contributed by atoms with van der Waals surface area (Å²) in [5.41, 5.74) is 2.83. The fraction of sp³-hybridized carbons (Fsp3) is 0.263. The van der Waals surface area contributed by atoms with Gasteiger partial charge >= 0.3 is 0 Å². The van der Waals surface area contributed by atoms with Crippen LogP contribution in [0.2, 0.25) is 0 Å². The normalized spacial score (nSPS) is 20.3. The second-order valence-corrected chi connectivity index (χ2v) is 5.67. The molecule has 0 N–H and O–H groups in total. The quantitative estimate of drug-likeness (QED) is 0.627. The summed E-state index contributed by atoms with van der Waals surface area (Å²) in [5, 5.41) is 0. The van der Waals surface area contributed by atoms with Crippen molar-refractivity contribution in [2.45, 2.75) is 19.1 Å². The first-order valence-electron chi connectivity index (χ1n) is 7.75. The molecule has 1 fully saturated rings. The number of carbonyl (C=O) groups is 1. The van der Waals surface area contributed by atoms with Crippen LogP contribution in [0.15, 0.2) is 53.5 Å². The number of β-lactam (4-membered cyclic amide) rings is 1. The van der Waals surface area contributed by atoms with Gasteiger partial charge in [-0.25, -0.2) is 0 Å². The molecule has 5 nitrogen and oxygen atoms in total. The Balaban J connectivity index is 1.82. The zero-order chi connectivity index (χ0) is 17.1. The molecule has 124 valence electrons. The number of methoxy groups -OCH3 is 2. The first kappa shape index (κ1) is 16.2. The minimum atomic E-state index is -0.499. The van der Waals surface area contributed by atoms with Crippen LogP contribution in [-0.4, -0.2) is 38.5 Å². The zero-order valence-corrected chi connectivity index (χ0v) is 14.0. The van der Waals surface area contributed by atoms with Crippen LogP contribution >= 0.6 is 0 Å². The smallest absolute Gasteiger partial charge is 0.259 e. The molecule has 0 radical (unpaired) electrons. The van der Waals surface area contributed by atoms with Crippen molar-refractivity contribution in [1.82, 2.24) is 0 Å². The van der Waals surface area contributed by atoms with E-state index in [9.17, 15) is 4.79 Å². The molecule has 1 saturated heterocycles. The summed E-state index contributed by atoms with van der Waals surface area (Å²) in [6.07, 6.45) is 1.27. The Kier molecular flexibility index (Phi) is 4.62. The van der Waals surface area contributed by atoms with E-state index in [1.807, 2.05) is 55.5 Å². The summed E-state index contributed by atoms with van der Waals surface area (Å²) in [5.74, 6) is 0.683. The molecule has 2 atom stereocenters. The number of hydrogen-bond acceptors (Lipinski definition) is 4. The van der Waals surface area contributed by atoms with E-state index >= 15 is 0 Å². The number of nitrogens with zero attached hydrogens (tertiary/aromatic N) is 2. The Morgan fingerprint density at radius 2 is 1.71 bits per heavy atom. The van der Waals surface area contributed by atoms with E-state index in [1.54, 1.807) is 25.3 Å². The van der Waals surface area contributed by atoms with Gasteiger partial charge in [0.2, 0.25) is 0 Å². The van der Waals surface area contributed by atoms with Crippen LogP contribution in [0.3, 0.4) is 0 Å². The Hall–Kier alpha value is -2.66. The SMILES string of the molecule is COc1ccc(N2C(=O)[C@H](OC)[C@@H]2C=Nc2ccc(C)cc2)cc1. The lowest BCUT2D eigenvalue weighted by molar-refractivity contribution is -0.136. The van der Waals surface area contributed by atoms with Crippen molar-refractivity contribution < 1.29 is 14.3 Å². The predicted molar refractivity (Wildman–Crippen MR) is 94.4 cm³/mol. The molecule has 0 unspecified atom stereocenters. The molecular formula is C19H20N2O3. The van der Waals surface area contributed by atoms with E-state index in [1.165, 1.54) is 5.56 Å². The molecule has 1 amide bonds. The van der Waals surface area contributed by atoms with Gasteiger partial charge in [-0.3, -0.25) is 14.7 Å². The van der Waals surface area contributed by atoms with Crippen molar-refractivity contribution in [3.8, 4) is 5.75 Å². The van der Waals surface area contributed by atoms with E-state index in [0.717, 1.165) is 17.1 Å². The second-order valence-electron chi connectivity index (χ2n) is 5.67. The summed E-state index contributed by atoms with van der Waals surface area (Å²) >= 11 is 0. The lowest BCUT2D eigenvalue weighted by Crippen LogP contribution is -2.66. The topological polar surface area (TPSA) is 51.1 Å². The Morgan fingerprint density at radius 3 is 2.29 bits per heavy atom. The third kappa shape index (κ3) is 3.03. The van der Waals surface area contributed by atoms with E-state index in [2.05, 4.69) is 4.99 Å². The van der Waals surface area contributed by atoms with Crippen LogP contribution < -0.4 is 9.64 Å². The number of rotatable bonds is 5. The van der Waals surface area contributed by atoms with Crippen LogP contribution in [0.5, 0.6) is 5.75 Å². The molecule has 1 aliphatic rings. The van der Waals surface area contributed by atoms with Crippen molar-refractivity contribution in [2.24, 2.45) is 4.99 Å². The summed E-state index contributed by atoms with van der Waals surface area (Å²) < 4.78 is 10.5. The highest BCUT2D eigenvalue weighted by Crippen LogP contribution is 2.30. The van der Waals surface area contributed by atoms with Crippen molar-refractivity contribution >= 4 is 23.5 Å². The fourth-order valence-electron chi connectivity index (χ4n) is 2.70. The minimum absolute atomic E-state index is 0.0666. The number of hydrogen-bond donors (Lipinski definition) is 0. The Morgan fingerprint density at radius 1 is 1.04 bits per heavy atom. The van der Waals surface area contributed by atoms with E-state index in [-0.39, 0.29) is 11.9 Å². The van der Waals surface area contributed by atoms with Crippen LogP contribution in [0.1, 0.15) is 5.56 Å². The van der Waals surface area contributed by atoms with Crippen LogP contribution in [-0.2, 0) is 9.53 Å². The average Bonchev–Trinajstić information content (AvgIpc) is 2.61. The lowest BCUT2D eigenvalue weighted by Gasteiger charge is -2.44. The standard InChI is InChI=1S/C19H20N2O3/c1-13-4-6-14(7-5-13)20-12-17-18(24-3)19(22)21(17)15-8-10-16(23-2)11-9-15/h4-12,17-18H,1-3H3/t17-,18+/m0/s1. The van der Waals surface area contributed by atoms with Crippen LogP contribution in [0.4, 0.5) is 11.4 Å². The molecule has 24 heavy (non-hydrogen) atoms. The fourth-order valence-corrected chi connectivity index (χ4v) is 2.70. The number of amides is 1. The Bertz CT molecular complexity index is 738. The molecule has 0 spiro atoms. The average molecular weight is 324 g/mol. The lowest BCUT2D eigenvalue weighted by atomic mass is 9.97. The van der Waals surface area contributed by atoms with Gasteiger partial charge in [0.25, 0.3) is 5.91 Å². The van der Waals surface area contributed by atoms with Crippen molar-refractivity contribution in [3.05, 3.63) is 54.1 Å². The predicted octanol–water partition coefficient (Wildman–Crippen LogP) is 3.14. The van der Waals surface area contributed by atoms with Gasteiger partial charge < -0.3 is 9.47 Å². The van der Waals surface area contributed by atoms with Gasteiger partial charge in [-0.05, 0) is 43.3 Å². The van der Waals surface area contributed by atoms with Crippen molar-refractivity contribution in [2.75, 3.05) is 19.1 Å². The van der Waals surface area contributed by atoms with Gasteiger partial charge in [-0.15, -0.1) is 0 Å². The molecule has 2 aromatic carbocycles. The molecule has 0 bridgehead atoms. The maximum Gasteiger partial charge on any atom is 0.259 e. The van der Waals surface area contributed by atoms with Gasteiger partial charge in [0.15, 0.2) is 6.10 Å². The number of aryl methyl sites for hydroxylation is 1. The summed E-state index contributed by atoms with van der Waals surface area (Å²) in [7, 11) is 3.16. The van der Waals surface area contributed by atoms with Gasteiger partial charge in [-0.1, -0.05) is 17.7 Å². The van der Waals surface area contributed by atoms with Gasteiger partial charge in [0.1, 0.15) is 11.8 Å². The third-order valence-electron chi connectivity index (χ3n) is 4.10. The molecule has 0 saturated carbocycles.